The summed E-state index contributed by atoms with van der Waals surface area (Å²) in [6.07, 6.45) is 2.37. The van der Waals surface area contributed by atoms with E-state index in [9.17, 15) is 0 Å². The van der Waals surface area contributed by atoms with Gasteiger partial charge in [0.05, 0.1) is 12.1 Å². The second-order valence-corrected chi connectivity index (χ2v) is 5.59. The third-order valence-corrected chi connectivity index (χ3v) is 4.30. The first-order chi connectivity index (χ1) is 10.2. The van der Waals surface area contributed by atoms with Crippen LogP contribution in [0.2, 0.25) is 0 Å². The molecule has 5 nitrogen and oxygen atoms in total. The Labute approximate surface area is 125 Å². The van der Waals surface area contributed by atoms with Gasteiger partial charge >= 0.3 is 0 Å². The van der Waals surface area contributed by atoms with E-state index in [1.54, 1.807) is 0 Å². The predicted octanol–water partition coefficient (Wildman–Crippen LogP) is 2.67. The Bertz CT molecular complexity index is 622. The minimum Gasteiger partial charge on any atom is -0.492 e. The van der Waals surface area contributed by atoms with Crippen molar-refractivity contribution in [1.82, 2.24) is 14.5 Å². The van der Waals surface area contributed by atoms with Gasteiger partial charge < -0.3 is 19.9 Å². The first-order valence-corrected chi connectivity index (χ1v) is 7.86. The number of likely N-dealkylation sites (N-methyl/N-ethyl adjacent to an activating group) is 1. The average Bonchev–Trinajstić information content (AvgIpc) is 2.85. The Morgan fingerprint density at radius 2 is 2.24 bits per heavy atom. The van der Waals surface area contributed by atoms with Crippen molar-refractivity contribution in [2.24, 2.45) is 0 Å². The number of aromatic nitrogens is 2. The third kappa shape index (κ3) is 2.58. The molecule has 1 unspecified atom stereocenters. The molecule has 5 heteroatoms. The summed E-state index contributed by atoms with van der Waals surface area (Å²) < 4.78 is 7.87. The number of nitrogens with two attached hydrogens (primary N) is 1. The van der Waals surface area contributed by atoms with Crippen LogP contribution in [-0.4, -0.2) is 40.7 Å². The van der Waals surface area contributed by atoms with Gasteiger partial charge in [-0.2, -0.15) is 0 Å². The van der Waals surface area contributed by atoms with Gasteiger partial charge in [0, 0.05) is 12.6 Å². The summed E-state index contributed by atoms with van der Waals surface area (Å²) in [5.41, 5.74) is 8.18. The monoisotopic (exact) mass is 288 g/mol. The van der Waals surface area contributed by atoms with Gasteiger partial charge in [0.25, 0.3) is 0 Å². The standard InChI is InChI=1S/C16H24N4O/c1-3-19-10-6-7-12(11-19)20-13-8-5-9-14(21-4-2)15(13)18-16(20)17/h5,8-9,12H,3-4,6-7,10-11H2,1-2H3,(H2,17,18). The van der Waals surface area contributed by atoms with Gasteiger partial charge in [0.1, 0.15) is 11.3 Å². The highest BCUT2D eigenvalue weighted by atomic mass is 16.5. The Balaban J connectivity index is 2.02. The lowest BCUT2D eigenvalue weighted by molar-refractivity contribution is 0.188. The van der Waals surface area contributed by atoms with E-state index < -0.39 is 0 Å². The fourth-order valence-corrected chi connectivity index (χ4v) is 3.29. The third-order valence-electron chi connectivity index (χ3n) is 4.30. The second kappa shape index (κ2) is 5.93. The lowest BCUT2D eigenvalue weighted by Crippen LogP contribution is -2.36. The SMILES string of the molecule is CCOc1cccc2c1nc(N)n2C1CCCN(CC)C1. The van der Waals surface area contributed by atoms with Crippen LogP contribution in [-0.2, 0) is 0 Å². The van der Waals surface area contributed by atoms with Gasteiger partial charge in [0.15, 0.2) is 0 Å². The van der Waals surface area contributed by atoms with E-state index in [4.69, 9.17) is 10.5 Å². The van der Waals surface area contributed by atoms with Gasteiger partial charge in [0.2, 0.25) is 5.95 Å². The maximum absolute atomic E-state index is 6.21. The highest BCUT2D eigenvalue weighted by Crippen LogP contribution is 2.32. The molecule has 1 saturated heterocycles. The molecule has 2 heterocycles. The number of rotatable bonds is 4. The molecule has 1 fully saturated rings. The van der Waals surface area contributed by atoms with Crippen molar-refractivity contribution < 1.29 is 4.74 Å². The molecule has 1 aliphatic heterocycles. The zero-order chi connectivity index (χ0) is 14.8. The summed E-state index contributed by atoms with van der Waals surface area (Å²) in [7, 11) is 0. The summed E-state index contributed by atoms with van der Waals surface area (Å²) in [4.78, 5) is 7.03. The quantitative estimate of drug-likeness (QED) is 0.939. The van der Waals surface area contributed by atoms with Crippen LogP contribution in [0.3, 0.4) is 0 Å². The molecule has 21 heavy (non-hydrogen) atoms. The molecule has 0 amide bonds. The number of hydrogen-bond acceptors (Lipinski definition) is 4. The van der Waals surface area contributed by atoms with Crippen molar-refractivity contribution >= 4 is 17.0 Å². The van der Waals surface area contributed by atoms with E-state index in [0.717, 1.165) is 36.3 Å². The van der Waals surface area contributed by atoms with E-state index in [2.05, 4.69) is 27.4 Å². The molecule has 0 aliphatic carbocycles. The van der Waals surface area contributed by atoms with Gasteiger partial charge in [-0.25, -0.2) is 4.98 Å². The summed E-state index contributed by atoms with van der Waals surface area (Å²) in [5, 5.41) is 0. The number of imidazole rings is 1. The lowest BCUT2D eigenvalue weighted by atomic mass is 10.1. The van der Waals surface area contributed by atoms with Gasteiger partial charge in [-0.3, -0.25) is 0 Å². The molecule has 3 rings (SSSR count). The Morgan fingerprint density at radius 1 is 1.38 bits per heavy atom. The number of nitrogen functional groups attached to an aromatic ring is 1. The predicted molar refractivity (Wildman–Crippen MR) is 85.7 cm³/mol. The van der Waals surface area contributed by atoms with Crippen molar-refractivity contribution in [3.05, 3.63) is 18.2 Å². The summed E-state index contributed by atoms with van der Waals surface area (Å²) >= 11 is 0. The molecule has 0 radical (unpaired) electrons. The number of anilines is 1. The van der Waals surface area contributed by atoms with Crippen LogP contribution in [0.25, 0.3) is 11.0 Å². The maximum Gasteiger partial charge on any atom is 0.201 e. The fourth-order valence-electron chi connectivity index (χ4n) is 3.29. The zero-order valence-electron chi connectivity index (χ0n) is 12.9. The number of fused-ring (bicyclic) bond motifs is 1. The minimum atomic E-state index is 0.403. The Morgan fingerprint density at radius 3 is 3.00 bits per heavy atom. The smallest absolute Gasteiger partial charge is 0.201 e. The van der Waals surface area contributed by atoms with Crippen molar-refractivity contribution in [1.29, 1.82) is 0 Å². The molecule has 114 valence electrons. The van der Waals surface area contributed by atoms with Gasteiger partial charge in [-0.1, -0.05) is 13.0 Å². The van der Waals surface area contributed by atoms with Crippen LogP contribution in [0.5, 0.6) is 5.75 Å². The number of ether oxygens (including phenoxy) is 1. The number of nitrogens with zero attached hydrogens (tertiary/aromatic N) is 3. The van der Waals surface area contributed by atoms with Crippen LogP contribution in [0.4, 0.5) is 5.95 Å². The minimum absolute atomic E-state index is 0.403. The first-order valence-electron chi connectivity index (χ1n) is 7.86. The highest BCUT2D eigenvalue weighted by molar-refractivity contribution is 5.84. The summed E-state index contributed by atoms with van der Waals surface area (Å²) in [6, 6.07) is 6.47. The van der Waals surface area contributed by atoms with E-state index >= 15 is 0 Å². The molecule has 1 aliphatic rings. The summed E-state index contributed by atoms with van der Waals surface area (Å²) in [5.74, 6) is 1.42. The van der Waals surface area contributed by atoms with E-state index in [1.807, 2.05) is 19.1 Å². The second-order valence-electron chi connectivity index (χ2n) is 5.59. The maximum atomic E-state index is 6.21. The Hall–Kier alpha value is -1.75. The van der Waals surface area contributed by atoms with E-state index in [1.165, 1.54) is 13.0 Å². The molecular weight excluding hydrogens is 264 g/mol. The van der Waals surface area contributed by atoms with Crippen LogP contribution in [0.15, 0.2) is 18.2 Å². The molecule has 1 atom stereocenters. The van der Waals surface area contributed by atoms with Crippen LogP contribution >= 0.6 is 0 Å². The van der Waals surface area contributed by atoms with Gasteiger partial charge in [-0.05, 0) is 45.0 Å². The lowest BCUT2D eigenvalue weighted by Gasteiger charge is -2.33. The first kappa shape index (κ1) is 14.2. The van der Waals surface area contributed by atoms with Crippen LogP contribution < -0.4 is 10.5 Å². The van der Waals surface area contributed by atoms with Crippen LogP contribution in [0, 0.1) is 0 Å². The highest BCUT2D eigenvalue weighted by Gasteiger charge is 2.24. The number of benzene rings is 1. The molecule has 2 aromatic rings. The Kier molecular flexibility index (Phi) is 4.01. The van der Waals surface area contributed by atoms with Crippen molar-refractivity contribution in [3.8, 4) is 5.75 Å². The largest absolute Gasteiger partial charge is 0.492 e. The van der Waals surface area contributed by atoms with Crippen LogP contribution in [0.1, 0.15) is 32.7 Å². The number of piperidine rings is 1. The number of para-hydroxylation sites is 1. The molecule has 1 aromatic heterocycles. The number of likely N-dealkylation sites (tertiary alicyclic amines) is 1. The van der Waals surface area contributed by atoms with Crippen molar-refractivity contribution in [3.63, 3.8) is 0 Å². The van der Waals surface area contributed by atoms with Crippen molar-refractivity contribution in [2.45, 2.75) is 32.7 Å². The molecule has 1 aromatic carbocycles. The molecule has 0 bridgehead atoms. The molecule has 2 N–H and O–H groups in total. The van der Waals surface area contributed by atoms with Gasteiger partial charge in [-0.15, -0.1) is 0 Å². The van der Waals surface area contributed by atoms with E-state index in [0.29, 0.717) is 18.6 Å². The fraction of sp³-hybridized carbons (Fsp3) is 0.562. The zero-order valence-corrected chi connectivity index (χ0v) is 12.9. The normalized spacial score (nSPS) is 20.0. The molecular formula is C16H24N4O. The average molecular weight is 288 g/mol. The number of hydrogen-bond donors (Lipinski definition) is 1. The van der Waals surface area contributed by atoms with E-state index in [-0.39, 0.29) is 0 Å². The topological polar surface area (TPSA) is 56.3 Å². The summed E-state index contributed by atoms with van der Waals surface area (Å²) in [6.45, 7) is 8.16. The molecule has 0 saturated carbocycles. The molecule has 0 spiro atoms. The van der Waals surface area contributed by atoms with Crippen molar-refractivity contribution in [2.75, 3.05) is 32.0 Å².